The Balaban J connectivity index is 2.13. The molecule has 4 nitrogen and oxygen atoms in total. The van der Waals surface area contributed by atoms with Gasteiger partial charge in [-0.15, -0.1) is 0 Å². The predicted molar refractivity (Wildman–Crippen MR) is 74.2 cm³/mol. The highest BCUT2D eigenvalue weighted by atomic mass is 32.1. The van der Waals surface area contributed by atoms with Crippen LogP contribution < -0.4 is 0 Å². The summed E-state index contributed by atoms with van der Waals surface area (Å²) < 4.78 is 4.63. The molecule has 0 bridgehead atoms. The third-order valence-corrected chi connectivity index (χ3v) is 3.34. The number of hydrogen-bond acceptors (Lipinski definition) is 2. The fourth-order valence-corrected chi connectivity index (χ4v) is 2.40. The number of fused-ring (bicyclic) bond motifs is 1. The normalized spacial score (nSPS) is 11.2. The summed E-state index contributed by atoms with van der Waals surface area (Å²) >= 11 is 5.37. The van der Waals surface area contributed by atoms with Crippen molar-refractivity contribution >= 4 is 23.3 Å². The number of rotatable bonds is 2. The number of imidazole rings is 1. The molecule has 3 rings (SSSR count). The van der Waals surface area contributed by atoms with Crippen molar-refractivity contribution in [3.05, 3.63) is 46.5 Å². The largest absolute Gasteiger partial charge is 0.331 e. The van der Waals surface area contributed by atoms with Gasteiger partial charge in [-0.2, -0.15) is 5.10 Å². The zero-order chi connectivity index (χ0) is 12.7. The van der Waals surface area contributed by atoms with Crippen molar-refractivity contribution in [2.75, 3.05) is 0 Å². The van der Waals surface area contributed by atoms with Gasteiger partial charge in [0.2, 0.25) is 0 Å². The first-order valence-electron chi connectivity index (χ1n) is 5.81. The molecule has 0 aliphatic heterocycles. The molecule has 0 saturated carbocycles. The van der Waals surface area contributed by atoms with Crippen molar-refractivity contribution in [3.63, 3.8) is 0 Å². The molecule has 0 aliphatic rings. The van der Waals surface area contributed by atoms with E-state index in [9.17, 15) is 0 Å². The molecule has 0 radical (unpaired) electrons. The zero-order valence-corrected chi connectivity index (χ0v) is 11.2. The lowest BCUT2D eigenvalue weighted by molar-refractivity contribution is 0.710. The minimum Gasteiger partial charge on any atom is -0.331 e. The quantitative estimate of drug-likeness (QED) is 0.718. The molecule has 1 aromatic carbocycles. The van der Waals surface area contributed by atoms with Crippen LogP contribution in [0.25, 0.3) is 11.0 Å². The Morgan fingerprint density at radius 2 is 2.17 bits per heavy atom. The van der Waals surface area contributed by atoms with Crippen molar-refractivity contribution in [2.24, 2.45) is 7.05 Å². The van der Waals surface area contributed by atoms with Crippen LogP contribution in [0.4, 0.5) is 0 Å². The van der Waals surface area contributed by atoms with Crippen molar-refractivity contribution in [2.45, 2.75) is 13.5 Å². The van der Waals surface area contributed by atoms with Crippen LogP contribution in [0.2, 0.25) is 0 Å². The monoisotopic (exact) mass is 258 g/mol. The predicted octanol–water partition coefficient (Wildman–Crippen LogP) is 2.79. The summed E-state index contributed by atoms with van der Waals surface area (Å²) in [4.78, 5) is 3.22. The third kappa shape index (κ3) is 1.86. The minimum atomic E-state index is 0.698. The lowest BCUT2D eigenvalue weighted by atomic mass is 10.2. The fraction of sp³-hybridized carbons (Fsp3) is 0.231. The van der Waals surface area contributed by atoms with E-state index < -0.39 is 0 Å². The number of aromatic nitrogens is 4. The molecule has 92 valence electrons. The lowest BCUT2D eigenvalue weighted by Crippen LogP contribution is -2.01. The average molecular weight is 258 g/mol. The Morgan fingerprint density at radius 1 is 1.33 bits per heavy atom. The number of nitrogens with one attached hydrogen (secondary N) is 1. The Kier molecular flexibility index (Phi) is 2.56. The summed E-state index contributed by atoms with van der Waals surface area (Å²) in [6.07, 6.45) is 1.94. The molecular formula is C13H14N4S. The van der Waals surface area contributed by atoms with E-state index in [1.54, 1.807) is 4.68 Å². The van der Waals surface area contributed by atoms with Gasteiger partial charge in [0.25, 0.3) is 0 Å². The van der Waals surface area contributed by atoms with E-state index >= 15 is 0 Å². The van der Waals surface area contributed by atoms with Gasteiger partial charge in [0.15, 0.2) is 4.77 Å². The van der Waals surface area contributed by atoms with Gasteiger partial charge in [-0.1, -0.05) is 6.07 Å². The molecule has 0 atom stereocenters. The summed E-state index contributed by atoms with van der Waals surface area (Å²) in [5.41, 5.74) is 4.44. The second-order valence-corrected chi connectivity index (χ2v) is 4.90. The molecule has 0 spiro atoms. The van der Waals surface area contributed by atoms with E-state index in [0.717, 1.165) is 21.5 Å². The van der Waals surface area contributed by atoms with Crippen LogP contribution in [0.3, 0.4) is 0 Å². The number of benzene rings is 1. The van der Waals surface area contributed by atoms with Crippen LogP contribution in [0.1, 0.15) is 11.3 Å². The summed E-state index contributed by atoms with van der Waals surface area (Å²) in [6, 6.07) is 8.30. The Morgan fingerprint density at radius 3 is 2.89 bits per heavy atom. The average Bonchev–Trinajstić information content (AvgIpc) is 2.86. The number of hydrogen-bond donors (Lipinski definition) is 1. The highest BCUT2D eigenvalue weighted by Gasteiger charge is 2.06. The molecule has 2 heterocycles. The maximum Gasteiger partial charge on any atom is 0.178 e. The second kappa shape index (κ2) is 4.10. The Hall–Kier alpha value is -1.88. The van der Waals surface area contributed by atoms with Gasteiger partial charge in [0.05, 0.1) is 23.3 Å². The summed E-state index contributed by atoms with van der Waals surface area (Å²) in [7, 11) is 1.92. The Bertz CT molecular complexity index is 763. The number of aromatic amines is 1. The Labute approximate surface area is 110 Å². The van der Waals surface area contributed by atoms with Crippen molar-refractivity contribution in [1.82, 2.24) is 19.3 Å². The summed E-state index contributed by atoms with van der Waals surface area (Å²) in [5.74, 6) is 0. The standard InChI is InChI=1S/C13H14N4S/c1-9-3-4-11-12(7-9)17(13(18)14-11)8-10-5-6-16(2)15-10/h3-7H,8H2,1-2H3,(H,14,18). The van der Waals surface area contributed by atoms with E-state index in [2.05, 4.69) is 39.8 Å². The van der Waals surface area contributed by atoms with E-state index in [1.165, 1.54) is 5.56 Å². The first kappa shape index (κ1) is 11.2. The highest BCUT2D eigenvalue weighted by molar-refractivity contribution is 7.71. The van der Waals surface area contributed by atoms with E-state index in [-0.39, 0.29) is 0 Å². The van der Waals surface area contributed by atoms with E-state index in [0.29, 0.717) is 6.54 Å². The van der Waals surface area contributed by atoms with Gasteiger partial charge < -0.3 is 9.55 Å². The summed E-state index contributed by atoms with van der Waals surface area (Å²) in [5, 5.41) is 4.39. The maximum atomic E-state index is 5.37. The van der Waals surface area contributed by atoms with Crippen LogP contribution in [0.15, 0.2) is 30.5 Å². The van der Waals surface area contributed by atoms with Gasteiger partial charge >= 0.3 is 0 Å². The number of nitrogens with zero attached hydrogens (tertiary/aromatic N) is 3. The van der Waals surface area contributed by atoms with Gasteiger partial charge in [-0.3, -0.25) is 4.68 Å². The van der Waals surface area contributed by atoms with Gasteiger partial charge in [-0.25, -0.2) is 0 Å². The SMILES string of the molecule is Cc1ccc2[nH]c(=S)n(Cc3ccn(C)n3)c2c1. The molecule has 0 aliphatic carbocycles. The molecule has 1 N–H and O–H groups in total. The van der Waals surface area contributed by atoms with Crippen LogP contribution in [0.5, 0.6) is 0 Å². The minimum absolute atomic E-state index is 0.698. The molecule has 18 heavy (non-hydrogen) atoms. The molecule has 5 heteroatoms. The maximum absolute atomic E-state index is 5.37. The van der Waals surface area contributed by atoms with Crippen molar-refractivity contribution < 1.29 is 0 Å². The van der Waals surface area contributed by atoms with Crippen molar-refractivity contribution in [1.29, 1.82) is 0 Å². The zero-order valence-electron chi connectivity index (χ0n) is 10.3. The van der Waals surface area contributed by atoms with Crippen LogP contribution in [-0.2, 0) is 13.6 Å². The van der Waals surface area contributed by atoms with E-state index in [1.807, 2.05) is 19.3 Å². The van der Waals surface area contributed by atoms with Gasteiger partial charge in [0, 0.05) is 13.2 Å². The number of aryl methyl sites for hydroxylation is 2. The smallest absolute Gasteiger partial charge is 0.178 e. The lowest BCUT2D eigenvalue weighted by Gasteiger charge is -2.02. The number of H-pyrrole nitrogens is 1. The molecule has 0 unspecified atom stereocenters. The molecule has 3 aromatic rings. The molecule has 0 saturated heterocycles. The summed E-state index contributed by atoms with van der Waals surface area (Å²) in [6.45, 7) is 2.78. The van der Waals surface area contributed by atoms with Crippen molar-refractivity contribution in [3.8, 4) is 0 Å². The van der Waals surface area contributed by atoms with Gasteiger partial charge in [0.1, 0.15) is 0 Å². The molecular weight excluding hydrogens is 244 g/mol. The topological polar surface area (TPSA) is 38.5 Å². The van der Waals surface area contributed by atoms with Crippen LogP contribution in [-0.4, -0.2) is 19.3 Å². The highest BCUT2D eigenvalue weighted by Crippen LogP contribution is 2.17. The van der Waals surface area contributed by atoms with Gasteiger partial charge in [-0.05, 0) is 42.9 Å². The first-order valence-corrected chi connectivity index (χ1v) is 6.22. The van der Waals surface area contributed by atoms with E-state index in [4.69, 9.17) is 12.2 Å². The van der Waals surface area contributed by atoms with Crippen LogP contribution in [0, 0.1) is 11.7 Å². The first-order chi connectivity index (χ1) is 8.63. The third-order valence-electron chi connectivity index (χ3n) is 3.02. The fourth-order valence-electron chi connectivity index (χ4n) is 2.13. The molecule has 0 fully saturated rings. The molecule has 0 amide bonds. The van der Waals surface area contributed by atoms with Crippen LogP contribution >= 0.6 is 12.2 Å². The second-order valence-electron chi connectivity index (χ2n) is 4.52. The molecule has 2 aromatic heterocycles.